The number of nitrogens with one attached hydrogen (secondary N) is 1. The van der Waals surface area contributed by atoms with Crippen LogP contribution in [0.5, 0.6) is 5.75 Å². The molecule has 7 heteroatoms. The normalized spacial score (nSPS) is 10.9. The number of benzene rings is 2. The number of hydrogen-bond acceptors (Lipinski definition) is 6. The maximum atomic E-state index is 5.83. The molecular weight excluding hydrogens is 439 g/mol. The van der Waals surface area contributed by atoms with E-state index >= 15 is 0 Å². The van der Waals surface area contributed by atoms with Gasteiger partial charge in [-0.25, -0.2) is 4.98 Å². The monoisotopic (exact) mass is 456 g/mol. The Morgan fingerprint density at radius 1 is 1.17 bits per heavy atom. The van der Waals surface area contributed by atoms with Gasteiger partial charge in [-0.1, -0.05) is 0 Å². The molecule has 0 fully saturated rings. The maximum Gasteiger partial charge on any atom is 0.227 e. The molecule has 0 bridgehead atoms. The largest absolute Gasteiger partial charge is 0.493 e. The smallest absolute Gasteiger partial charge is 0.227 e. The quantitative estimate of drug-likeness (QED) is 0.281. The Hall–Kier alpha value is -1.45. The topological polar surface area (TPSA) is 56.5 Å². The van der Waals surface area contributed by atoms with Crippen molar-refractivity contribution in [3.05, 3.63) is 42.5 Å². The summed E-state index contributed by atoms with van der Waals surface area (Å²) in [5.41, 5.74) is 3.54. The molecular formula is C17H17IN2O3S. The fourth-order valence-corrected chi connectivity index (χ4v) is 2.96. The zero-order valence-electron chi connectivity index (χ0n) is 13.1. The fourth-order valence-electron chi connectivity index (χ4n) is 2.24. The van der Waals surface area contributed by atoms with Gasteiger partial charge < -0.3 is 18.7 Å². The van der Waals surface area contributed by atoms with Crippen molar-refractivity contribution in [2.45, 2.75) is 6.42 Å². The molecule has 0 aliphatic heterocycles. The lowest BCUT2D eigenvalue weighted by molar-refractivity contribution is 0.269. The molecule has 3 aromatic rings. The van der Waals surface area contributed by atoms with Crippen molar-refractivity contribution in [1.82, 2.24) is 4.98 Å². The summed E-state index contributed by atoms with van der Waals surface area (Å²) in [6.45, 7) is 1.28. The van der Waals surface area contributed by atoms with Gasteiger partial charge in [-0.2, -0.15) is 0 Å². The van der Waals surface area contributed by atoms with Gasteiger partial charge in [0, 0.05) is 52.0 Å². The highest BCUT2D eigenvalue weighted by atomic mass is 127. The van der Waals surface area contributed by atoms with Gasteiger partial charge in [0.15, 0.2) is 5.58 Å². The van der Waals surface area contributed by atoms with E-state index in [4.69, 9.17) is 13.3 Å². The zero-order valence-corrected chi connectivity index (χ0v) is 16.1. The molecule has 0 spiro atoms. The zero-order chi connectivity index (χ0) is 16.8. The van der Waals surface area contributed by atoms with Crippen LogP contribution >= 0.6 is 30.4 Å². The van der Waals surface area contributed by atoms with Crippen LogP contribution < -0.4 is 10.1 Å². The Morgan fingerprint density at radius 3 is 2.75 bits per heavy atom. The van der Waals surface area contributed by atoms with Gasteiger partial charge in [0.1, 0.15) is 11.3 Å². The van der Waals surface area contributed by atoms with Gasteiger partial charge in [0.2, 0.25) is 5.89 Å². The third kappa shape index (κ3) is 4.34. The van der Waals surface area contributed by atoms with E-state index in [1.165, 1.54) is 9.21 Å². The predicted molar refractivity (Wildman–Crippen MR) is 107 cm³/mol. The second-order valence-corrected chi connectivity index (χ2v) is 6.50. The van der Waals surface area contributed by atoms with Crippen LogP contribution in [0.3, 0.4) is 0 Å². The molecule has 1 N–H and O–H groups in total. The summed E-state index contributed by atoms with van der Waals surface area (Å²) in [6.07, 6.45) is 0.843. The molecule has 0 radical (unpaired) electrons. The highest BCUT2D eigenvalue weighted by molar-refractivity contribution is 14.2. The van der Waals surface area contributed by atoms with E-state index in [0.717, 1.165) is 34.5 Å². The summed E-state index contributed by atoms with van der Waals surface area (Å²) >= 11 is 2.10. The van der Waals surface area contributed by atoms with Gasteiger partial charge in [0.25, 0.3) is 0 Å². The molecule has 1 aromatic heterocycles. The second-order valence-electron chi connectivity index (χ2n) is 5.06. The van der Waals surface area contributed by atoms with Crippen LogP contribution in [0.25, 0.3) is 22.6 Å². The van der Waals surface area contributed by atoms with E-state index in [0.29, 0.717) is 19.1 Å². The minimum atomic E-state index is 0.609. The van der Waals surface area contributed by atoms with Crippen molar-refractivity contribution in [3.8, 4) is 17.2 Å². The molecule has 5 nitrogen and oxygen atoms in total. The summed E-state index contributed by atoms with van der Waals surface area (Å²) in [6, 6.07) is 13.6. The minimum Gasteiger partial charge on any atom is -0.493 e. The second kappa shape index (κ2) is 8.59. The van der Waals surface area contributed by atoms with Crippen molar-refractivity contribution < 1.29 is 13.3 Å². The minimum absolute atomic E-state index is 0.609. The van der Waals surface area contributed by atoms with Gasteiger partial charge in [-0.05, 0) is 36.4 Å². The van der Waals surface area contributed by atoms with E-state index in [1.54, 1.807) is 0 Å². The molecule has 24 heavy (non-hydrogen) atoms. The molecule has 0 saturated heterocycles. The lowest BCUT2D eigenvalue weighted by atomic mass is 10.2. The van der Waals surface area contributed by atoms with Crippen LogP contribution in [0.4, 0.5) is 5.69 Å². The van der Waals surface area contributed by atoms with Crippen LogP contribution in [0, 0.1) is 0 Å². The molecule has 0 unspecified atom stereocenters. The summed E-state index contributed by atoms with van der Waals surface area (Å²) in [5.74, 6) is 1.40. The summed E-state index contributed by atoms with van der Waals surface area (Å²) in [7, 11) is 3.23. The number of fused-ring (bicyclic) bond motifs is 1. The molecule has 3 rings (SSSR count). The van der Waals surface area contributed by atoms with Gasteiger partial charge in [-0.15, -0.1) is 0 Å². The number of rotatable bonds is 8. The van der Waals surface area contributed by atoms with Crippen molar-refractivity contribution in [2.24, 2.45) is 0 Å². The number of nitrogens with zero attached hydrogens (tertiary/aromatic N) is 1. The molecule has 126 valence electrons. The van der Waals surface area contributed by atoms with Gasteiger partial charge in [-0.3, -0.25) is 0 Å². The fraction of sp³-hybridized carbons (Fsp3) is 0.235. The van der Waals surface area contributed by atoms with Crippen LogP contribution in [0.1, 0.15) is 6.42 Å². The molecule has 1 heterocycles. The Balaban J connectivity index is 1.71. The first-order valence-electron chi connectivity index (χ1n) is 7.52. The van der Waals surface area contributed by atoms with Crippen LogP contribution in [-0.4, -0.2) is 25.2 Å². The maximum absolute atomic E-state index is 5.83. The molecule has 0 aliphatic rings. The number of oxazole rings is 1. The summed E-state index contributed by atoms with van der Waals surface area (Å²) in [4.78, 5) is 4.56. The number of ether oxygens (including phenoxy) is 1. The lowest BCUT2D eigenvalue weighted by Gasteiger charge is -2.04. The molecule has 0 amide bonds. The molecule has 0 saturated carbocycles. The highest BCUT2D eigenvalue weighted by Gasteiger charge is 2.09. The highest BCUT2D eigenvalue weighted by Crippen LogP contribution is 2.27. The summed E-state index contributed by atoms with van der Waals surface area (Å²) < 4.78 is 16.8. The Bertz CT molecular complexity index is 792. The van der Waals surface area contributed by atoms with Crippen molar-refractivity contribution in [1.29, 1.82) is 0 Å². The van der Waals surface area contributed by atoms with Crippen molar-refractivity contribution in [2.75, 3.05) is 25.6 Å². The van der Waals surface area contributed by atoms with E-state index in [2.05, 4.69) is 31.5 Å². The SMILES string of the molecule is CNc1ccc(-c2nc3cc(OCCCOSI)ccc3o2)cc1. The first kappa shape index (κ1) is 17.4. The first-order valence-corrected chi connectivity index (χ1v) is 10.8. The van der Waals surface area contributed by atoms with Crippen molar-refractivity contribution in [3.63, 3.8) is 0 Å². The van der Waals surface area contributed by atoms with E-state index in [1.807, 2.05) is 49.5 Å². The third-order valence-electron chi connectivity index (χ3n) is 3.46. The van der Waals surface area contributed by atoms with Crippen molar-refractivity contribution >= 4 is 47.2 Å². The van der Waals surface area contributed by atoms with E-state index in [9.17, 15) is 0 Å². The Kier molecular flexibility index (Phi) is 6.22. The number of aromatic nitrogens is 1. The number of anilines is 1. The average Bonchev–Trinajstić information content (AvgIpc) is 3.05. The molecule has 2 aromatic carbocycles. The summed E-state index contributed by atoms with van der Waals surface area (Å²) in [5, 5.41) is 3.09. The van der Waals surface area contributed by atoms with Crippen LogP contribution in [-0.2, 0) is 4.18 Å². The standard InChI is InChI=1S/C17H17IN2O3S/c1-19-13-5-3-12(4-6-13)17-20-15-11-14(7-8-16(15)23-17)21-9-2-10-22-24-18/h3-8,11,19H,2,9-10H2,1H3. The van der Waals surface area contributed by atoms with Gasteiger partial charge >= 0.3 is 0 Å². The lowest BCUT2D eigenvalue weighted by Crippen LogP contribution is -2.00. The third-order valence-corrected chi connectivity index (χ3v) is 4.48. The van der Waals surface area contributed by atoms with Crippen LogP contribution in [0.15, 0.2) is 46.9 Å². The number of halogens is 1. The Morgan fingerprint density at radius 2 is 2.00 bits per heavy atom. The molecule has 0 aliphatic carbocycles. The number of hydrogen-bond donors (Lipinski definition) is 1. The first-order chi connectivity index (χ1) is 11.8. The predicted octanol–water partition coefficient (Wildman–Crippen LogP) is 5.32. The van der Waals surface area contributed by atoms with Gasteiger partial charge in [0.05, 0.1) is 22.4 Å². The molecule has 0 atom stereocenters. The van der Waals surface area contributed by atoms with E-state index < -0.39 is 0 Å². The average molecular weight is 456 g/mol. The Labute approximate surface area is 156 Å². The van der Waals surface area contributed by atoms with Crippen LogP contribution in [0.2, 0.25) is 0 Å². The van der Waals surface area contributed by atoms with E-state index in [-0.39, 0.29) is 0 Å².